The molecule has 19 heavy (non-hydrogen) atoms. The zero-order chi connectivity index (χ0) is 14.5. The van der Waals surface area contributed by atoms with E-state index in [2.05, 4.69) is 15.6 Å². The monoisotopic (exact) mass is 276 g/mol. The fraction of sp³-hybridized carbons (Fsp3) is 0.455. The van der Waals surface area contributed by atoms with Crippen LogP contribution in [0.5, 0.6) is 0 Å². The molecule has 0 spiro atoms. The SMILES string of the molecule is CN(C)C(=O)NCCNc1ccc(C(F)(F)F)cn1. The highest BCUT2D eigenvalue weighted by Crippen LogP contribution is 2.28. The summed E-state index contributed by atoms with van der Waals surface area (Å²) in [5, 5.41) is 5.41. The molecule has 0 bridgehead atoms. The third kappa shape index (κ3) is 5.02. The summed E-state index contributed by atoms with van der Waals surface area (Å²) in [6.07, 6.45) is -3.62. The highest BCUT2D eigenvalue weighted by atomic mass is 19.4. The average molecular weight is 276 g/mol. The van der Waals surface area contributed by atoms with Gasteiger partial charge in [-0.2, -0.15) is 13.2 Å². The van der Waals surface area contributed by atoms with Gasteiger partial charge in [0.05, 0.1) is 5.56 Å². The Morgan fingerprint density at radius 2 is 2.00 bits per heavy atom. The summed E-state index contributed by atoms with van der Waals surface area (Å²) >= 11 is 0. The topological polar surface area (TPSA) is 57.3 Å². The van der Waals surface area contributed by atoms with Gasteiger partial charge < -0.3 is 15.5 Å². The summed E-state index contributed by atoms with van der Waals surface area (Å²) in [7, 11) is 3.22. The van der Waals surface area contributed by atoms with Gasteiger partial charge in [0.15, 0.2) is 0 Å². The molecule has 0 radical (unpaired) electrons. The zero-order valence-electron chi connectivity index (χ0n) is 10.6. The quantitative estimate of drug-likeness (QED) is 0.824. The van der Waals surface area contributed by atoms with E-state index in [-0.39, 0.29) is 6.03 Å². The van der Waals surface area contributed by atoms with E-state index >= 15 is 0 Å². The summed E-state index contributed by atoms with van der Waals surface area (Å²) in [6.45, 7) is 0.720. The Bertz CT molecular complexity index is 417. The van der Waals surface area contributed by atoms with Crippen LogP contribution in [0.25, 0.3) is 0 Å². The fourth-order valence-corrected chi connectivity index (χ4v) is 1.18. The van der Waals surface area contributed by atoms with Gasteiger partial charge >= 0.3 is 12.2 Å². The summed E-state index contributed by atoms with van der Waals surface area (Å²) in [5.74, 6) is 0.326. The van der Waals surface area contributed by atoms with Crippen LogP contribution in [0.15, 0.2) is 18.3 Å². The first kappa shape index (κ1) is 15.1. The third-order valence-corrected chi connectivity index (χ3v) is 2.20. The van der Waals surface area contributed by atoms with E-state index in [9.17, 15) is 18.0 Å². The maximum atomic E-state index is 12.3. The van der Waals surface area contributed by atoms with Gasteiger partial charge in [0.25, 0.3) is 0 Å². The van der Waals surface area contributed by atoms with Gasteiger partial charge in [0.1, 0.15) is 5.82 Å². The Morgan fingerprint density at radius 1 is 1.32 bits per heavy atom. The zero-order valence-corrected chi connectivity index (χ0v) is 10.6. The number of carbonyl (C=O) groups excluding carboxylic acids is 1. The van der Waals surface area contributed by atoms with Crippen LogP contribution in [0.1, 0.15) is 5.56 Å². The molecule has 0 unspecified atom stereocenters. The number of hydrogen-bond acceptors (Lipinski definition) is 3. The standard InChI is InChI=1S/C11H15F3N4O/c1-18(2)10(19)16-6-5-15-9-4-3-8(7-17-9)11(12,13)14/h3-4,7H,5-6H2,1-2H3,(H,15,17)(H,16,19). The van der Waals surface area contributed by atoms with Crippen LogP contribution < -0.4 is 10.6 Å². The van der Waals surface area contributed by atoms with E-state index < -0.39 is 11.7 Å². The van der Waals surface area contributed by atoms with E-state index in [0.717, 1.165) is 12.3 Å². The fourth-order valence-electron chi connectivity index (χ4n) is 1.18. The molecular weight excluding hydrogens is 261 g/mol. The molecular formula is C11H15F3N4O. The predicted octanol–water partition coefficient (Wildman–Crippen LogP) is 1.78. The minimum absolute atomic E-state index is 0.234. The Kier molecular flexibility index (Phi) is 4.96. The molecule has 8 heteroatoms. The Labute approximate surface area is 108 Å². The van der Waals surface area contributed by atoms with Crippen molar-refractivity contribution >= 4 is 11.8 Å². The number of nitrogens with zero attached hydrogens (tertiary/aromatic N) is 2. The third-order valence-electron chi connectivity index (χ3n) is 2.20. The van der Waals surface area contributed by atoms with Crippen molar-refractivity contribution in [3.63, 3.8) is 0 Å². The van der Waals surface area contributed by atoms with Crippen molar-refractivity contribution in [3.05, 3.63) is 23.9 Å². The molecule has 0 aliphatic heterocycles. The molecule has 2 N–H and O–H groups in total. The number of halogens is 3. The predicted molar refractivity (Wildman–Crippen MR) is 64.8 cm³/mol. The first-order valence-corrected chi connectivity index (χ1v) is 5.53. The van der Waals surface area contributed by atoms with E-state index in [0.29, 0.717) is 18.9 Å². The molecule has 0 saturated carbocycles. The van der Waals surface area contributed by atoms with Crippen LogP contribution in [0.3, 0.4) is 0 Å². The largest absolute Gasteiger partial charge is 0.417 e. The number of hydrogen-bond donors (Lipinski definition) is 2. The second kappa shape index (κ2) is 6.26. The number of nitrogens with one attached hydrogen (secondary N) is 2. The highest BCUT2D eigenvalue weighted by Gasteiger charge is 2.30. The van der Waals surface area contributed by atoms with Crippen LogP contribution in [0.2, 0.25) is 0 Å². The number of anilines is 1. The summed E-state index contributed by atoms with van der Waals surface area (Å²) in [6, 6.07) is 1.96. The van der Waals surface area contributed by atoms with E-state index in [4.69, 9.17) is 0 Å². The Balaban J connectivity index is 2.37. The summed E-state index contributed by atoms with van der Waals surface area (Å²) < 4.78 is 36.8. The molecule has 0 fully saturated rings. The van der Waals surface area contributed by atoms with Crippen LogP contribution >= 0.6 is 0 Å². The molecule has 0 saturated heterocycles. The van der Waals surface area contributed by atoms with Crippen molar-refractivity contribution < 1.29 is 18.0 Å². The number of aromatic nitrogens is 1. The number of amides is 2. The maximum Gasteiger partial charge on any atom is 0.417 e. The number of urea groups is 1. The lowest BCUT2D eigenvalue weighted by Crippen LogP contribution is -2.37. The van der Waals surface area contributed by atoms with Gasteiger partial charge in [-0.05, 0) is 12.1 Å². The number of carbonyl (C=O) groups is 1. The van der Waals surface area contributed by atoms with Crippen molar-refractivity contribution in [3.8, 4) is 0 Å². The van der Waals surface area contributed by atoms with Crippen LogP contribution in [-0.4, -0.2) is 43.1 Å². The van der Waals surface area contributed by atoms with Crippen molar-refractivity contribution in [1.29, 1.82) is 0 Å². The van der Waals surface area contributed by atoms with Crippen molar-refractivity contribution in [2.24, 2.45) is 0 Å². The lowest BCUT2D eigenvalue weighted by atomic mass is 10.3. The van der Waals surface area contributed by atoms with Crippen molar-refractivity contribution in [2.45, 2.75) is 6.18 Å². The number of alkyl halides is 3. The normalized spacial score (nSPS) is 11.0. The smallest absolute Gasteiger partial charge is 0.368 e. The lowest BCUT2D eigenvalue weighted by Gasteiger charge is -2.12. The number of pyridine rings is 1. The van der Waals surface area contributed by atoms with Gasteiger partial charge in [-0.25, -0.2) is 9.78 Å². The van der Waals surface area contributed by atoms with Gasteiger partial charge in [0, 0.05) is 33.4 Å². The number of rotatable bonds is 4. The van der Waals surface area contributed by atoms with Crippen LogP contribution in [0, 0.1) is 0 Å². The van der Waals surface area contributed by atoms with E-state index in [1.54, 1.807) is 14.1 Å². The van der Waals surface area contributed by atoms with Gasteiger partial charge in [-0.15, -0.1) is 0 Å². The average Bonchev–Trinajstić information content (AvgIpc) is 2.33. The van der Waals surface area contributed by atoms with Gasteiger partial charge in [-0.1, -0.05) is 0 Å². The molecule has 0 aliphatic carbocycles. The molecule has 1 aromatic rings. The molecule has 0 atom stereocenters. The van der Waals surface area contributed by atoms with Gasteiger partial charge in [0.2, 0.25) is 0 Å². The molecule has 1 rings (SSSR count). The highest BCUT2D eigenvalue weighted by molar-refractivity contribution is 5.73. The molecule has 1 heterocycles. The van der Waals surface area contributed by atoms with Crippen molar-refractivity contribution in [2.75, 3.05) is 32.5 Å². The minimum atomic E-state index is -4.38. The maximum absolute atomic E-state index is 12.3. The van der Waals surface area contributed by atoms with E-state index in [1.807, 2.05) is 0 Å². The van der Waals surface area contributed by atoms with E-state index in [1.165, 1.54) is 11.0 Å². The Hall–Kier alpha value is -1.99. The van der Waals surface area contributed by atoms with Crippen molar-refractivity contribution in [1.82, 2.24) is 15.2 Å². The molecule has 2 amide bonds. The molecule has 0 aromatic carbocycles. The lowest BCUT2D eigenvalue weighted by molar-refractivity contribution is -0.137. The first-order chi connectivity index (χ1) is 8.80. The second-order valence-electron chi connectivity index (χ2n) is 3.98. The Morgan fingerprint density at radius 3 is 2.47 bits per heavy atom. The molecule has 1 aromatic heterocycles. The summed E-state index contributed by atoms with van der Waals surface area (Å²) in [4.78, 5) is 16.2. The van der Waals surface area contributed by atoms with Gasteiger partial charge in [-0.3, -0.25) is 0 Å². The second-order valence-corrected chi connectivity index (χ2v) is 3.98. The molecule has 106 valence electrons. The molecule has 5 nitrogen and oxygen atoms in total. The molecule has 0 aliphatic rings. The summed E-state index contributed by atoms with van der Waals surface area (Å²) in [5.41, 5.74) is -0.793. The minimum Gasteiger partial charge on any atom is -0.368 e. The van der Waals surface area contributed by atoms with Crippen LogP contribution in [0.4, 0.5) is 23.8 Å². The van der Waals surface area contributed by atoms with Crippen LogP contribution in [-0.2, 0) is 6.18 Å². The first-order valence-electron chi connectivity index (χ1n) is 5.53.